The van der Waals surface area contributed by atoms with E-state index in [2.05, 4.69) is 52.0 Å². The Balaban J connectivity index is 1.46. The fourth-order valence-electron chi connectivity index (χ4n) is 4.25. The molecule has 0 atom stereocenters. The summed E-state index contributed by atoms with van der Waals surface area (Å²) in [6.07, 6.45) is 8.29. The Labute approximate surface area is 157 Å². The van der Waals surface area contributed by atoms with Crippen molar-refractivity contribution in [2.75, 3.05) is 13.1 Å². The second kappa shape index (κ2) is 7.27. The summed E-state index contributed by atoms with van der Waals surface area (Å²) >= 11 is 5.43. The summed E-state index contributed by atoms with van der Waals surface area (Å²) in [4.78, 5) is 9.14. The largest absolute Gasteiger partial charge is 0.300 e. The number of aromatic nitrogens is 1. The molecule has 0 unspecified atom stereocenters. The third-order valence-corrected chi connectivity index (χ3v) is 7.31. The van der Waals surface area contributed by atoms with E-state index in [0.717, 1.165) is 10.5 Å². The fourth-order valence-corrected chi connectivity index (χ4v) is 5.63. The van der Waals surface area contributed by atoms with E-state index in [1.807, 2.05) is 11.3 Å². The van der Waals surface area contributed by atoms with E-state index in [-0.39, 0.29) is 0 Å². The average molecular weight is 405 g/mol. The summed E-state index contributed by atoms with van der Waals surface area (Å²) in [5.41, 5.74) is 2.42. The predicted octanol–water partition coefficient (Wildman–Crippen LogP) is 6.00. The van der Waals surface area contributed by atoms with Gasteiger partial charge in [0.15, 0.2) is 0 Å². The topological polar surface area (TPSA) is 16.1 Å². The van der Waals surface area contributed by atoms with Gasteiger partial charge < -0.3 is 4.90 Å². The first-order valence-electron chi connectivity index (χ1n) is 9.18. The number of rotatable bonds is 3. The third kappa shape index (κ3) is 3.47. The van der Waals surface area contributed by atoms with Crippen LogP contribution in [0.25, 0.3) is 11.3 Å². The highest BCUT2D eigenvalue weighted by atomic mass is 79.9. The molecule has 1 aliphatic carbocycles. The van der Waals surface area contributed by atoms with Crippen molar-refractivity contribution in [2.45, 2.75) is 57.4 Å². The molecule has 0 spiro atoms. The molecule has 4 rings (SSSR count). The zero-order chi connectivity index (χ0) is 16.5. The number of nitrogens with zero attached hydrogens (tertiary/aromatic N) is 2. The number of hydrogen-bond acceptors (Lipinski definition) is 3. The Hall–Kier alpha value is -0.710. The van der Waals surface area contributed by atoms with Crippen LogP contribution in [-0.4, -0.2) is 29.0 Å². The highest BCUT2D eigenvalue weighted by Crippen LogP contribution is 2.37. The van der Waals surface area contributed by atoms with Crippen molar-refractivity contribution < 1.29 is 0 Å². The molecule has 0 amide bonds. The normalized spacial score (nSPS) is 20.8. The van der Waals surface area contributed by atoms with Gasteiger partial charge >= 0.3 is 0 Å². The van der Waals surface area contributed by atoms with Gasteiger partial charge in [0.1, 0.15) is 0 Å². The van der Waals surface area contributed by atoms with Gasteiger partial charge in [-0.25, -0.2) is 4.98 Å². The van der Waals surface area contributed by atoms with Crippen molar-refractivity contribution in [1.29, 1.82) is 0 Å². The van der Waals surface area contributed by atoms with Gasteiger partial charge in [-0.2, -0.15) is 0 Å². The maximum absolute atomic E-state index is 5.04. The third-order valence-electron chi connectivity index (χ3n) is 5.65. The summed E-state index contributed by atoms with van der Waals surface area (Å²) in [7, 11) is 0. The van der Waals surface area contributed by atoms with Crippen molar-refractivity contribution >= 4 is 27.3 Å². The van der Waals surface area contributed by atoms with E-state index in [1.165, 1.54) is 72.8 Å². The number of benzene rings is 1. The molecule has 1 aromatic heterocycles. The van der Waals surface area contributed by atoms with Crippen molar-refractivity contribution in [2.24, 2.45) is 0 Å². The minimum absolute atomic E-state index is 0.663. The minimum Gasteiger partial charge on any atom is -0.300 e. The van der Waals surface area contributed by atoms with Gasteiger partial charge in [0.05, 0.1) is 10.7 Å². The van der Waals surface area contributed by atoms with E-state index in [0.29, 0.717) is 5.92 Å². The van der Waals surface area contributed by atoms with Gasteiger partial charge in [0.25, 0.3) is 0 Å². The quantitative estimate of drug-likeness (QED) is 0.622. The van der Waals surface area contributed by atoms with E-state index >= 15 is 0 Å². The first-order chi connectivity index (χ1) is 11.7. The lowest BCUT2D eigenvalue weighted by atomic mass is 9.96. The van der Waals surface area contributed by atoms with Gasteiger partial charge in [0, 0.05) is 26.9 Å². The van der Waals surface area contributed by atoms with Gasteiger partial charge in [-0.3, -0.25) is 0 Å². The lowest BCUT2D eigenvalue weighted by Gasteiger charge is -2.35. The summed E-state index contributed by atoms with van der Waals surface area (Å²) in [5, 5.41) is 1.36. The Morgan fingerprint density at radius 2 is 1.71 bits per heavy atom. The van der Waals surface area contributed by atoms with Crippen molar-refractivity contribution in [1.82, 2.24) is 9.88 Å². The molecule has 2 aromatic rings. The lowest BCUT2D eigenvalue weighted by Crippen LogP contribution is -2.39. The van der Waals surface area contributed by atoms with Crippen LogP contribution in [0.2, 0.25) is 0 Å². The fraction of sp³-hybridized carbons (Fsp3) is 0.550. The number of piperidine rings is 1. The molecule has 2 fully saturated rings. The maximum atomic E-state index is 5.04. The average Bonchev–Trinajstić information content (AvgIpc) is 3.26. The number of halogens is 1. The van der Waals surface area contributed by atoms with Crippen LogP contribution in [0.5, 0.6) is 0 Å². The molecule has 2 nitrogen and oxygen atoms in total. The molecule has 0 N–H and O–H groups in total. The highest BCUT2D eigenvalue weighted by molar-refractivity contribution is 9.10. The first-order valence-corrected chi connectivity index (χ1v) is 10.8. The number of aryl methyl sites for hydroxylation is 1. The van der Waals surface area contributed by atoms with Gasteiger partial charge in [-0.05, 0) is 57.8 Å². The van der Waals surface area contributed by atoms with E-state index in [4.69, 9.17) is 4.98 Å². The Bertz CT molecular complexity index is 680. The van der Waals surface area contributed by atoms with Crippen LogP contribution in [0.1, 0.15) is 54.3 Å². The summed E-state index contributed by atoms with van der Waals surface area (Å²) in [6.45, 7) is 4.75. The molecule has 2 heterocycles. The lowest BCUT2D eigenvalue weighted by molar-refractivity contribution is 0.154. The standard InChI is InChI=1S/C20H25BrN2S/c1-14-19(15-6-8-17(21)9-7-15)22-20(24-14)16-10-12-23(13-11-16)18-4-2-3-5-18/h6-9,16,18H,2-5,10-13H2,1H3. The van der Waals surface area contributed by atoms with Crippen molar-refractivity contribution in [3.63, 3.8) is 0 Å². The van der Waals surface area contributed by atoms with E-state index in [9.17, 15) is 0 Å². The Morgan fingerprint density at radius 1 is 1.04 bits per heavy atom. The molecule has 1 saturated carbocycles. The maximum Gasteiger partial charge on any atom is 0.0967 e. The highest BCUT2D eigenvalue weighted by Gasteiger charge is 2.29. The first kappa shape index (κ1) is 16.7. The summed E-state index contributed by atoms with van der Waals surface area (Å²) < 4.78 is 1.12. The van der Waals surface area contributed by atoms with E-state index < -0.39 is 0 Å². The Morgan fingerprint density at radius 3 is 2.38 bits per heavy atom. The number of likely N-dealkylation sites (tertiary alicyclic amines) is 1. The van der Waals surface area contributed by atoms with Crippen LogP contribution in [0.15, 0.2) is 28.7 Å². The SMILES string of the molecule is Cc1sc(C2CCN(C3CCCC3)CC2)nc1-c1ccc(Br)cc1. The van der Waals surface area contributed by atoms with Gasteiger partial charge in [-0.15, -0.1) is 11.3 Å². The van der Waals surface area contributed by atoms with Crippen molar-refractivity contribution in [3.8, 4) is 11.3 Å². The van der Waals surface area contributed by atoms with Gasteiger partial charge in [-0.1, -0.05) is 40.9 Å². The molecule has 24 heavy (non-hydrogen) atoms. The smallest absolute Gasteiger partial charge is 0.0967 e. The molecule has 1 aliphatic heterocycles. The second-order valence-electron chi connectivity index (χ2n) is 7.21. The summed E-state index contributed by atoms with van der Waals surface area (Å²) in [5.74, 6) is 0.663. The molecular weight excluding hydrogens is 380 g/mol. The van der Waals surface area contributed by atoms with Crippen LogP contribution >= 0.6 is 27.3 Å². The molecule has 0 bridgehead atoms. The molecular formula is C20H25BrN2S. The molecule has 1 saturated heterocycles. The monoisotopic (exact) mass is 404 g/mol. The van der Waals surface area contributed by atoms with Crippen LogP contribution in [0.3, 0.4) is 0 Å². The molecule has 0 radical (unpaired) electrons. The summed E-state index contributed by atoms with van der Waals surface area (Å²) in [6, 6.07) is 9.42. The van der Waals surface area contributed by atoms with Crippen LogP contribution in [0, 0.1) is 6.92 Å². The van der Waals surface area contributed by atoms with Gasteiger partial charge in [0.2, 0.25) is 0 Å². The van der Waals surface area contributed by atoms with Crippen molar-refractivity contribution in [3.05, 3.63) is 38.6 Å². The molecule has 2 aliphatic rings. The minimum atomic E-state index is 0.663. The van der Waals surface area contributed by atoms with Crippen LogP contribution < -0.4 is 0 Å². The Kier molecular flexibility index (Phi) is 5.07. The zero-order valence-corrected chi connectivity index (χ0v) is 16.7. The molecule has 4 heteroatoms. The number of thiazole rings is 1. The zero-order valence-electron chi connectivity index (χ0n) is 14.3. The second-order valence-corrected chi connectivity index (χ2v) is 9.36. The number of hydrogen-bond donors (Lipinski definition) is 0. The van der Waals surface area contributed by atoms with Crippen LogP contribution in [-0.2, 0) is 0 Å². The molecule has 128 valence electrons. The predicted molar refractivity (Wildman–Crippen MR) is 106 cm³/mol. The van der Waals surface area contributed by atoms with Crippen LogP contribution in [0.4, 0.5) is 0 Å². The van der Waals surface area contributed by atoms with E-state index in [1.54, 1.807) is 0 Å². The molecule has 1 aromatic carbocycles.